The molecule has 5 nitrogen and oxygen atoms in total. The van der Waals surface area contributed by atoms with Crippen molar-refractivity contribution in [1.82, 2.24) is 14.4 Å². The predicted octanol–water partition coefficient (Wildman–Crippen LogP) is 3.79. The fourth-order valence-electron chi connectivity index (χ4n) is 2.53. The van der Waals surface area contributed by atoms with Crippen LogP contribution in [0.2, 0.25) is 0 Å². The number of hydrogen-bond donors (Lipinski definition) is 1. The molecule has 2 heterocycles. The first-order valence-electron chi connectivity index (χ1n) is 7.66. The van der Waals surface area contributed by atoms with Crippen molar-refractivity contribution in [2.45, 2.75) is 0 Å². The van der Waals surface area contributed by atoms with Crippen LogP contribution in [0.5, 0.6) is 0 Å². The summed E-state index contributed by atoms with van der Waals surface area (Å²) in [5, 5.41) is 2.81. The third-order valence-corrected chi connectivity index (χ3v) is 3.76. The van der Waals surface area contributed by atoms with Gasteiger partial charge in [-0.25, -0.2) is 14.4 Å². The summed E-state index contributed by atoms with van der Waals surface area (Å²) in [6.07, 6.45) is 5.44. The molecular weight excluding hydrogens is 319 g/mol. The molecule has 0 saturated carbocycles. The molecule has 25 heavy (non-hydrogen) atoms. The molecule has 0 radical (unpaired) electrons. The van der Waals surface area contributed by atoms with Crippen LogP contribution in [0.4, 0.5) is 10.1 Å². The van der Waals surface area contributed by atoms with Crippen molar-refractivity contribution in [2.75, 3.05) is 5.32 Å². The largest absolute Gasteiger partial charge is 0.322 e. The molecule has 0 fully saturated rings. The van der Waals surface area contributed by atoms with Gasteiger partial charge in [-0.05, 0) is 42.5 Å². The van der Waals surface area contributed by atoms with Crippen LogP contribution >= 0.6 is 0 Å². The lowest BCUT2D eigenvalue weighted by Crippen LogP contribution is -2.11. The minimum absolute atomic E-state index is 0.297. The van der Waals surface area contributed by atoms with E-state index in [0.29, 0.717) is 17.0 Å². The zero-order valence-electron chi connectivity index (χ0n) is 13.1. The number of carbonyl (C=O) groups is 1. The van der Waals surface area contributed by atoms with Crippen molar-refractivity contribution in [2.24, 2.45) is 0 Å². The first-order valence-corrected chi connectivity index (χ1v) is 7.66. The van der Waals surface area contributed by atoms with Crippen LogP contribution in [-0.4, -0.2) is 20.3 Å². The summed E-state index contributed by atoms with van der Waals surface area (Å²) in [4.78, 5) is 20.9. The molecule has 0 atom stereocenters. The van der Waals surface area contributed by atoms with Crippen LogP contribution in [-0.2, 0) is 0 Å². The fourth-order valence-corrected chi connectivity index (χ4v) is 2.53. The van der Waals surface area contributed by atoms with E-state index in [2.05, 4.69) is 15.3 Å². The number of fused-ring (bicyclic) bond motifs is 1. The monoisotopic (exact) mass is 332 g/mol. The number of imidazole rings is 1. The molecule has 6 heteroatoms. The van der Waals surface area contributed by atoms with E-state index in [9.17, 15) is 9.18 Å². The highest BCUT2D eigenvalue weighted by molar-refractivity contribution is 6.04. The van der Waals surface area contributed by atoms with Crippen molar-refractivity contribution < 1.29 is 9.18 Å². The van der Waals surface area contributed by atoms with Gasteiger partial charge >= 0.3 is 0 Å². The predicted molar refractivity (Wildman–Crippen MR) is 92.8 cm³/mol. The summed E-state index contributed by atoms with van der Waals surface area (Å²) < 4.78 is 14.8. The molecule has 0 spiro atoms. The second-order valence-corrected chi connectivity index (χ2v) is 5.49. The van der Waals surface area contributed by atoms with Crippen molar-refractivity contribution in [3.8, 4) is 11.3 Å². The molecule has 0 aliphatic rings. The molecule has 1 N–H and O–H groups in total. The Morgan fingerprint density at radius 3 is 2.72 bits per heavy atom. The molecule has 0 aliphatic carbocycles. The van der Waals surface area contributed by atoms with Gasteiger partial charge in [0.1, 0.15) is 5.82 Å². The van der Waals surface area contributed by atoms with Crippen molar-refractivity contribution in [1.29, 1.82) is 0 Å². The molecular formula is C19H13FN4O. The quantitative estimate of drug-likeness (QED) is 0.621. The summed E-state index contributed by atoms with van der Waals surface area (Å²) in [5.41, 5.74) is 2.65. The normalized spacial score (nSPS) is 10.8. The third kappa shape index (κ3) is 3.10. The summed E-state index contributed by atoms with van der Waals surface area (Å²) in [6, 6.07) is 14.6. The number of carbonyl (C=O) groups excluding carboxylic acids is 1. The lowest BCUT2D eigenvalue weighted by atomic mass is 10.1. The first kappa shape index (κ1) is 15.0. The molecule has 0 aliphatic heterocycles. The van der Waals surface area contributed by atoms with Gasteiger partial charge in [-0.2, -0.15) is 0 Å². The summed E-state index contributed by atoms with van der Waals surface area (Å²) >= 11 is 0. The second kappa shape index (κ2) is 6.16. The van der Waals surface area contributed by atoms with Crippen LogP contribution in [0.25, 0.3) is 17.0 Å². The highest BCUT2D eigenvalue weighted by Gasteiger charge is 2.09. The van der Waals surface area contributed by atoms with Crippen molar-refractivity contribution in [3.05, 3.63) is 84.6 Å². The Morgan fingerprint density at radius 2 is 1.92 bits per heavy atom. The molecule has 0 unspecified atom stereocenters. The lowest BCUT2D eigenvalue weighted by molar-refractivity contribution is 0.102. The van der Waals surface area contributed by atoms with E-state index in [0.717, 1.165) is 11.3 Å². The minimum atomic E-state index is -0.376. The number of benzene rings is 2. The Kier molecular flexibility index (Phi) is 3.70. The van der Waals surface area contributed by atoms with Gasteiger partial charge in [0.15, 0.2) is 0 Å². The zero-order chi connectivity index (χ0) is 17.2. The smallest absolute Gasteiger partial charge is 0.255 e. The van der Waals surface area contributed by atoms with Gasteiger partial charge < -0.3 is 5.32 Å². The molecule has 122 valence electrons. The maximum absolute atomic E-state index is 13.0. The average Bonchev–Trinajstić information content (AvgIpc) is 3.07. The number of aromatic nitrogens is 3. The topological polar surface area (TPSA) is 59.3 Å². The third-order valence-electron chi connectivity index (χ3n) is 3.76. The highest BCUT2D eigenvalue weighted by Crippen LogP contribution is 2.22. The maximum Gasteiger partial charge on any atom is 0.255 e. The van der Waals surface area contributed by atoms with E-state index in [1.165, 1.54) is 24.3 Å². The van der Waals surface area contributed by atoms with Crippen LogP contribution in [0.15, 0.2) is 73.2 Å². The molecule has 0 saturated heterocycles. The van der Waals surface area contributed by atoms with Gasteiger partial charge in [-0.15, -0.1) is 0 Å². The van der Waals surface area contributed by atoms with Gasteiger partial charge in [-0.3, -0.25) is 9.20 Å². The minimum Gasteiger partial charge on any atom is -0.322 e. The van der Waals surface area contributed by atoms with E-state index in [4.69, 9.17) is 0 Å². The summed E-state index contributed by atoms with van der Waals surface area (Å²) in [7, 11) is 0. The fraction of sp³-hybridized carbons (Fsp3) is 0. The number of halogens is 1. The van der Waals surface area contributed by atoms with E-state index in [1.54, 1.807) is 12.3 Å². The average molecular weight is 332 g/mol. The number of amides is 1. The van der Waals surface area contributed by atoms with E-state index >= 15 is 0 Å². The second-order valence-electron chi connectivity index (χ2n) is 5.49. The summed E-state index contributed by atoms with van der Waals surface area (Å²) in [6.45, 7) is 0. The standard InChI is InChI=1S/C19H13FN4O/c20-15-7-5-13(6-8-15)18(25)22-16-4-1-3-14(11-16)17-12-24-10-2-9-21-19(24)23-17/h1-12H,(H,22,25). The van der Waals surface area contributed by atoms with Gasteiger partial charge in [0.25, 0.3) is 5.91 Å². The van der Waals surface area contributed by atoms with Gasteiger partial charge in [0.05, 0.1) is 5.69 Å². The Morgan fingerprint density at radius 1 is 1.08 bits per heavy atom. The number of rotatable bonds is 3. The van der Waals surface area contributed by atoms with Crippen LogP contribution in [0, 0.1) is 5.82 Å². The Hall–Kier alpha value is -3.54. The van der Waals surface area contributed by atoms with Crippen LogP contribution in [0.1, 0.15) is 10.4 Å². The SMILES string of the molecule is O=C(Nc1cccc(-c2cn3cccnc3n2)c1)c1ccc(F)cc1. The molecule has 1 amide bonds. The van der Waals surface area contributed by atoms with E-state index in [-0.39, 0.29) is 11.7 Å². The van der Waals surface area contributed by atoms with Crippen molar-refractivity contribution in [3.63, 3.8) is 0 Å². The Labute approximate surface area is 142 Å². The molecule has 2 aromatic heterocycles. The maximum atomic E-state index is 13.0. The number of nitrogens with one attached hydrogen (secondary N) is 1. The Balaban J connectivity index is 1.60. The van der Waals surface area contributed by atoms with E-state index < -0.39 is 0 Å². The lowest BCUT2D eigenvalue weighted by Gasteiger charge is -2.06. The van der Waals surface area contributed by atoms with Gasteiger partial charge in [0.2, 0.25) is 5.78 Å². The Bertz CT molecular complexity index is 1020. The molecule has 4 rings (SSSR count). The summed E-state index contributed by atoms with van der Waals surface area (Å²) in [5.74, 6) is -0.0638. The molecule has 0 bridgehead atoms. The number of hydrogen-bond acceptors (Lipinski definition) is 3. The van der Waals surface area contributed by atoms with Gasteiger partial charge in [0, 0.05) is 35.4 Å². The van der Waals surface area contributed by atoms with Gasteiger partial charge in [-0.1, -0.05) is 12.1 Å². The van der Waals surface area contributed by atoms with E-state index in [1.807, 2.05) is 41.1 Å². The first-order chi connectivity index (χ1) is 12.2. The number of anilines is 1. The number of nitrogens with zero attached hydrogens (tertiary/aromatic N) is 3. The van der Waals surface area contributed by atoms with Crippen LogP contribution in [0.3, 0.4) is 0 Å². The zero-order valence-corrected chi connectivity index (χ0v) is 13.1. The van der Waals surface area contributed by atoms with Crippen LogP contribution < -0.4 is 5.32 Å². The molecule has 4 aromatic rings. The molecule has 2 aromatic carbocycles. The van der Waals surface area contributed by atoms with Crippen molar-refractivity contribution >= 4 is 17.4 Å². The highest BCUT2D eigenvalue weighted by atomic mass is 19.1.